The molecule has 3 rings (SSSR count). The van der Waals surface area contributed by atoms with Gasteiger partial charge in [0.25, 0.3) is 10.0 Å². The Bertz CT molecular complexity index is 844. The fourth-order valence-electron chi connectivity index (χ4n) is 2.43. The van der Waals surface area contributed by atoms with Crippen LogP contribution in [0.4, 0.5) is 5.69 Å². The number of anilines is 1. The summed E-state index contributed by atoms with van der Waals surface area (Å²) in [4.78, 5) is 14.2. The molecule has 8 heteroatoms. The molecule has 2 heterocycles. The average molecular weight is 371 g/mol. The quantitative estimate of drug-likeness (QED) is 0.902. The maximum absolute atomic E-state index is 12.5. The number of amides is 1. The molecule has 1 amide bonds. The second kappa shape index (κ2) is 6.14. The molecule has 0 spiro atoms. The first-order chi connectivity index (χ1) is 10.8. The summed E-state index contributed by atoms with van der Waals surface area (Å²) >= 11 is 7.06. The van der Waals surface area contributed by atoms with Crippen LogP contribution >= 0.6 is 22.9 Å². The smallest absolute Gasteiger partial charge is 0.271 e. The highest BCUT2D eigenvalue weighted by Crippen LogP contribution is 2.32. The normalized spacial score (nSPS) is 14.4. The lowest BCUT2D eigenvalue weighted by Gasteiger charge is -2.25. The van der Waals surface area contributed by atoms with Gasteiger partial charge in [-0.2, -0.15) is 0 Å². The van der Waals surface area contributed by atoms with E-state index in [1.54, 1.807) is 35.2 Å². The van der Waals surface area contributed by atoms with Gasteiger partial charge in [-0.3, -0.25) is 9.52 Å². The molecule has 0 saturated heterocycles. The standard InChI is InChI=1S/C15H15ClN2O3S2/c1-10(19)18-7-6-14-11(9-18)8-15(22-14)23(20,21)17-13-4-2-12(16)3-5-13/h2-5,8,17H,6-7,9H2,1H3. The second-order valence-corrected chi connectivity index (χ2v) is 8.80. The molecule has 0 fully saturated rings. The summed E-state index contributed by atoms with van der Waals surface area (Å²) < 4.78 is 27.8. The van der Waals surface area contributed by atoms with Crippen LogP contribution in [0.1, 0.15) is 17.4 Å². The number of nitrogens with one attached hydrogen (secondary N) is 1. The van der Waals surface area contributed by atoms with Gasteiger partial charge in [0, 0.05) is 35.6 Å². The van der Waals surface area contributed by atoms with Gasteiger partial charge in [-0.05, 0) is 42.3 Å². The molecule has 2 aromatic rings. The summed E-state index contributed by atoms with van der Waals surface area (Å²) in [5.74, 6) is 0.00514. The lowest BCUT2D eigenvalue weighted by atomic mass is 10.1. The van der Waals surface area contributed by atoms with E-state index in [2.05, 4.69) is 4.72 Å². The molecule has 0 unspecified atom stereocenters. The molecule has 1 aliphatic rings. The van der Waals surface area contributed by atoms with Crippen molar-refractivity contribution in [3.05, 3.63) is 45.8 Å². The molecule has 1 N–H and O–H groups in total. The average Bonchev–Trinajstić information content (AvgIpc) is 2.93. The highest BCUT2D eigenvalue weighted by molar-refractivity contribution is 7.94. The van der Waals surface area contributed by atoms with Crippen LogP contribution < -0.4 is 4.72 Å². The minimum absolute atomic E-state index is 0.00514. The SMILES string of the molecule is CC(=O)N1CCc2sc(S(=O)(=O)Nc3ccc(Cl)cc3)cc2C1. The van der Waals surface area contributed by atoms with Crippen LogP contribution in [0.5, 0.6) is 0 Å². The number of benzene rings is 1. The van der Waals surface area contributed by atoms with Crippen molar-refractivity contribution in [2.45, 2.75) is 24.1 Å². The number of sulfonamides is 1. The Labute approximate surface area is 143 Å². The van der Waals surface area contributed by atoms with Gasteiger partial charge < -0.3 is 4.90 Å². The molecular weight excluding hydrogens is 356 g/mol. The van der Waals surface area contributed by atoms with Gasteiger partial charge in [0.05, 0.1) is 0 Å². The first kappa shape index (κ1) is 16.3. The number of rotatable bonds is 3. The Morgan fingerprint density at radius 2 is 2.00 bits per heavy atom. The Morgan fingerprint density at radius 1 is 1.30 bits per heavy atom. The van der Waals surface area contributed by atoms with Crippen molar-refractivity contribution in [3.63, 3.8) is 0 Å². The fraction of sp³-hybridized carbons (Fsp3) is 0.267. The van der Waals surface area contributed by atoms with Crippen LogP contribution in [0.2, 0.25) is 5.02 Å². The second-order valence-electron chi connectivity index (χ2n) is 5.32. The van der Waals surface area contributed by atoms with E-state index in [4.69, 9.17) is 11.6 Å². The highest BCUT2D eigenvalue weighted by atomic mass is 35.5. The Morgan fingerprint density at radius 3 is 2.65 bits per heavy atom. The number of carbonyl (C=O) groups excluding carboxylic acids is 1. The molecule has 1 aliphatic heterocycles. The van der Waals surface area contributed by atoms with Gasteiger partial charge in [-0.25, -0.2) is 8.42 Å². The number of carbonyl (C=O) groups is 1. The summed E-state index contributed by atoms with van der Waals surface area (Å²) in [5.41, 5.74) is 1.37. The van der Waals surface area contributed by atoms with Crippen molar-refractivity contribution >= 4 is 44.6 Å². The van der Waals surface area contributed by atoms with Crippen LogP contribution in [-0.2, 0) is 27.8 Å². The summed E-state index contributed by atoms with van der Waals surface area (Å²) in [7, 11) is -3.64. The molecule has 0 saturated carbocycles. The van der Waals surface area contributed by atoms with Crippen molar-refractivity contribution in [2.75, 3.05) is 11.3 Å². The van der Waals surface area contributed by atoms with E-state index < -0.39 is 10.0 Å². The fourth-order valence-corrected chi connectivity index (χ4v) is 5.16. The zero-order valence-corrected chi connectivity index (χ0v) is 14.8. The van der Waals surface area contributed by atoms with Crippen LogP contribution in [0.25, 0.3) is 0 Å². The maximum atomic E-state index is 12.5. The van der Waals surface area contributed by atoms with E-state index >= 15 is 0 Å². The van der Waals surface area contributed by atoms with Gasteiger partial charge >= 0.3 is 0 Å². The lowest BCUT2D eigenvalue weighted by Crippen LogP contribution is -2.33. The first-order valence-electron chi connectivity index (χ1n) is 7.00. The number of thiophene rings is 1. The number of halogens is 1. The summed E-state index contributed by atoms with van der Waals surface area (Å²) in [6.07, 6.45) is 0.691. The van der Waals surface area contributed by atoms with Crippen molar-refractivity contribution in [3.8, 4) is 0 Å². The summed E-state index contributed by atoms with van der Waals surface area (Å²) in [6, 6.07) is 8.15. The molecule has 23 heavy (non-hydrogen) atoms. The molecule has 0 radical (unpaired) electrons. The van der Waals surface area contributed by atoms with Crippen LogP contribution in [0.3, 0.4) is 0 Å². The Kier molecular flexibility index (Phi) is 4.35. The van der Waals surface area contributed by atoms with E-state index in [0.29, 0.717) is 30.2 Å². The zero-order chi connectivity index (χ0) is 16.6. The molecular formula is C15H15ClN2O3S2. The third-order valence-corrected chi connectivity index (χ3v) is 6.99. The van der Waals surface area contributed by atoms with Crippen molar-refractivity contribution < 1.29 is 13.2 Å². The largest absolute Gasteiger partial charge is 0.338 e. The van der Waals surface area contributed by atoms with Gasteiger partial charge in [-0.1, -0.05) is 11.6 Å². The zero-order valence-electron chi connectivity index (χ0n) is 12.4. The predicted molar refractivity (Wildman–Crippen MR) is 91.4 cm³/mol. The van der Waals surface area contributed by atoms with Gasteiger partial charge in [-0.15, -0.1) is 11.3 Å². The lowest BCUT2D eigenvalue weighted by molar-refractivity contribution is -0.129. The molecule has 122 valence electrons. The number of hydrogen-bond acceptors (Lipinski definition) is 4. The minimum Gasteiger partial charge on any atom is -0.338 e. The number of nitrogens with zero attached hydrogens (tertiary/aromatic N) is 1. The van der Waals surface area contributed by atoms with Gasteiger partial charge in [0.15, 0.2) is 0 Å². The van der Waals surface area contributed by atoms with E-state index in [-0.39, 0.29) is 10.1 Å². The van der Waals surface area contributed by atoms with E-state index in [0.717, 1.165) is 10.4 Å². The van der Waals surface area contributed by atoms with Gasteiger partial charge in [0.2, 0.25) is 5.91 Å². The van der Waals surface area contributed by atoms with E-state index in [9.17, 15) is 13.2 Å². The number of fused-ring (bicyclic) bond motifs is 1. The Hall–Kier alpha value is -1.57. The van der Waals surface area contributed by atoms with Crippen LogP contribution in [-0.4, -0.2) is 25.8 Å². The van der Waals surface area contributed by atoms with Crippen LogP contribution in [0, 0.1) is 0 Å². The van der Waals surface area contributed by atoms with Crippen molar-refractivity contribution in [1.29, 1.82) is 0 Å². The highest BCUT2D eigenvalue weighted by Gasteiger charge is 2.25. The van der Waals surface area contributed by atoms with Gasteiger partial charge in [0.1, 0.15) is 4.21 Å². The molecule has 1 aromatic heterocycles. The monoisotopic (exact) mass is 370 g/mol. The Balaban J connectivity index is 1.84. The molecule has 5 nitrogen and oxygen atoms in total. The topological polar surface area (TPSA) is 66.5 Å². The molecule has 0 aliphatic carbocycles. The maximum Gasteiger partial charge on any atom is 0.271 e. The third-order valence-electron chi connectivity index (χ3n) is 3.65. The first-order valence-corrected chi connectivity index (χ1v) is 9.68. The van der Waals surface area contributed by atoms with E-state index in [1.165, 1.54) is 18.3 Å². The van der Waals surface area contributed by atoms with Crippen LogP contribution in [0.15, 0.2) is 34.5 Å². The van der Waals surface area contributed by atoms with Crippen molar-refractivity contribution in [1.82, 2.24) is 4.90 Å². The summed E-state index contributed by atoms with van der Waals surface area (Å²) in [5, 5.41) is 0.545. The summed E-state index contributed by atoms with van der Waals surface area (Å²) in [6.45, 7) is 2.63. The molecule has 0 bridgehead atoms. The molecule has 0 atom stereocenters. The molecule has 1 aromatic carbocycles. The van der Waals surface area contributed by atoms with Crippen molar-refractivity contribution in [2.24, 2.45) is 0 Å². The number of hydrogen-bond donors (Lipinski definition) is 1. The third kappa shape index (κ3) is 3.52. The minimum atomic E-state index is -3.64. The van der Waals surface area contributed by atoms with E-state index in [1.807, 2.05) is 0 Å². The predicted octanol–water partition coefficient (Wildman–Crippen LogP) is 3.11.